The van der Waals surface area contributed by atoms with E-state index in [-0.39, 0.29) is 18.4 Å². The molecule has 2 amide bonds. The Labute approximate surface area is 197 Å². The third-order valence-electron chi connectivity index (χ3n) is 5.97. The number of hydrogen-bond acceptors (Lipinski definition) is 6. The Bertz CT molecular complexity index is 1180. The highest BCUT2D eigenvalue weighted by Crippen LogP contribution is 2.39. The van der Waals surface area contributed by atoms with Crippen molar-refractivity contribution in [2.24, 2.45) is 0 Å². The second kappa shape index (κ2) is 9.15. The number of carbonyl (C=O) groups is 2. The van der Waals surface area contributed by atoms with E-state index >= 15 is 0 Å². The molecule has 0 unspecified atom stereocenters. The molecule has 0 aliphatic carbocycles. The molecule has 0 spiro atoms. The second-order valence-corrected chi connectivity index (χ2v) is 8.91. The number of anilines is 2. The Kier molecular flexibility index (Phi) is 5.92. The molecule has 0 N–H and O–H groups in total. The Hall–Kier alpha value is -3.52. The molecule has 1 saturated heterocycles. The van der Waals surface area contributed by atoms with Gasteiger partial charge in [-0.1, -0.05) is 23.9 Å². The minimum Gasteiger partial charge on any atom is -0.497 e. The molecule has 0 saturated carbocycles. The van der Waals surface area contributed by atoms with Crippen LogP contribution in [0.25, 0.3) is 0 Å². The molecule has 33 heavy (non-hydrogen) atoms. The molecule has 8 heteroatoms. The van der Waals surface area contributed by atoms with Crippen LogP contribution in [0.15, 0.2) is 76.8 Å². The van der Waals surface area contributed by atoms with E-state index in [9.17, 15) is 9.59 Å². The number of nitrogens with zero attached hydrogens (tertiary/aromatic N) is 4. The predicted octanol–water partition coefficient (Wildman–Crippen LogP) is 3.55. The van der Waals surface area contributed by atoms with Gasteiger partial charge in [-0.2, -0.15) is 0 Å². The lowest BCUT2D eigenvalue weighted by Gasteiger charge is -2.37. The maximum absolute atomic E-state index is 13.4. The van der Waals surface area contributed by atoms with Crippen LogP contribution in [0.3, 0.4) is 0 Å². The van der Waals surface area contributed by atoms with Gasteiger partial charge in [-0.3, -0.25) is 14.5 Å². The number of fused-ring (bicyclic) bond motifs is 2. The number of ether oxygens (including phenoxy) is 1. The van der Waals surface area contributed by atoms with Crippen molar-refractivity contribution in [3.63, 3.8) is 0 Å². The van der Waals surface area contributed by atoms with Crippen molar-refractivity contribution in [1.82, 2.24) is 9.88 Å². The Balaban J connectivity index is 1.31. The fourth-order valence-corrected chi connectivity index (χ4v) is 5.17. The van der Waals surface area contributed by atoms with Gasteiger partial charge in [0, 0.05) is 43.0 Å². The van der Waals surface area contributed by atoms with Crippen LogP contribution in [0.4, 0.5) is 11.4 Å². The number of piperazine rings is 1. The van der Waals surface area contributed by atoms with Crippen LogP contribution in [0.1, 0.15) is 10.4 Å². The fraction of sp³-hybridized carbons (Fsp3) is 0.240. The van der Waals surface area contributed by atoms with Crippen molar-refractivity contribution in [2.45, 2.75) is 9.92 Å². The summed E-state index contributed by atoms with van der Waals surface area (Å²) >= 11 is 1.46. The molecule has 2 aliphatic heterocycles. The van der Waals surface area contributed by atoms with Gasteiger partial charge in [-0.15, -0.1) is 0 Å². The topological polar surface area (TPSA) is 66.0 Å². The highest BCUT2D eigenvalue weighted by Gasteiger charge is 2.31. The Morgan fingerprint density at radius 2 is 1.76 bits per heavy atom. The van der Waals surface area contributed by atoms with E-state index < -0.39 is 0 Å². The summed E-state index contributed by atoms with van der Waals surface area (Å²) in [5, 5.41) is 0.730. The van der Waals surface area contributed by atoms with Crippen LogP contribution in [0, 0.1) is 0 Å². The molecule has 5 rings (SSSR count). The largest absolute Gasteiger partial charge is 0.497 e. The van der Waals surface area contributed by atoms with Crippen LogP contribution in [0.2, 0.25) is 0 Å². The van der Waals surface area contributed by atoms with Gasteiger partial charge in [0.05, 0.1) is 18.4 Å². The summed E-state index contributed by atoms with van der Waals surface area (Å²) < 4.78 is 5.23. The molecule has 0 atom stereocenters. The number of benzene rings is 2. The SMILES string of the molecule is COc1ccc(N2CCN(C(=O)CN3C(=O)c4ccccc4Sc4ncccc43)CC2)cc1. The summed E-state index contributed by atoms with van der Waals surface area (Å²) in [7, 11) is 1.65. The van der Waals surface area contributed by atoms with Crippen LogP contribution in [-0.2, 0) is 4.79 Å². The number of carbonyl (C=O) groups excluding carboxylic acids is 2. The average molecular weight is 461 g/mol. The molecule has 2 aliphatic rings. The molecular formula is C25H24N4O3S. The molecule has 1 aromatic heterocycles. The third kappa shape index (κ3) is 4.26. The van der Waals surface area contributed by atoms with Gasteiger partial charge in [0.25, 0.3) is 5.91 Å². The highest BCUT2D eigenvalue weighted by atomic mass is 32.2. The first-order chi connectivity index (χ1) is 16.1. The van der Waals surface area contributed by atoms with Crippen molar-refractivity contribution in [3.05, 3.63) is 72.4 Å². The van der Waals surface area contributed by atoms with Gasteiger partial charge >= 0.3 is 0 Å². The maximum Gasteiger partial charge on any atom is 0.259 e. The summed E-state index contributed by atoms with van der Waals surface area (Å²) in [4.78, 5) is 37.6. The average Bonchev–Trinajstić information content (AvgIpc) is 2.99. The van der Waals surface area contributed by atoms with Gasteiger partial charge < -0.3 is 14.5 Å². The number of amides is 2. The number of aromatic nitrogens is 1. The zero-order valence-corrected chi connectivity index (χ0v) is 19.1. The second-order valence-electron chi connectivity index (χ2n) is 7.88. The van der Waals surface area contributed by atoms with Gasteiger partial charge in [0.1, 0.15) is 17.3 Å². The van der Waals surface area contributed by atoms with Crippen molar-refractivity contribution >= 4 is 35.0 Å². The normalized spacial score (nSPS) is 15.5. The molecule has 0 radical (unpaired) electrons. The van der Waals surface area contributed by atoms with E-state index in [0.717, 1.165) is 34.4 Å². The number of rotatable bonds is 4. The first kappa shape index (κ1) is 21.3. The lowest BCUT2D eigenvalue weighted by atomic mass is 10.2. The van der Waals surface area contributed by atoms with Gasteiger partial charge in [0.15, 0.2) is 0 Å². The molecule has 3 aromatic rings. The van der Waals surface area contributed by atoms with Crippen molar-refractivity contribution in [1.29, 1.82) is 0 Å². The lowest BCUT2D eigenvalue weighted by molar-refractivity contribution is -0.129. The van der Waals surface area contributed by atoms with E-state index in [1.807, 2.05) is 59.5 Å². The molecule has 7 nitrogen and oxygen atoms in total. The maximum atomic E-state index is 13.4. The van der Waals surface area contributed by atoms with E-state index in [4.69, 9.17) is 4.74 Å². The third-order valence-corrected chi connectivity index (χ3v) is 7.06. The molecule has 1 fully saturated rings. The minimum atomic E-state index is -0.171. The van der Waals surface area contributed by atoms with E-state index in [0.29, 0.717) is 24.3 Å². The number of methoxy groups -OCH3 is 1. The van der Waals surface area contributed by atoms with Crippen LogP contribution >= 0.6 is 11.8 Å². The first-order valence-electron chi connectivity index (χ1n) is 10.8. The Morgan fingerprint density at radius 3 is 2.52 bits per heavy atom. The molecule has 168 valence electrons. The zero-order valence-electron chi connectivity index (χ0n) is 18.3. The zero-order chi connectivity index (χ0) is 22.8. The van der Waals surface area contributed by atoms with Crippen LogP contribution < -0.4 is 14.5 Å². The van der Waals surface area contributed by atoms with Gasteiger partial charge in [0.2, 0.25) is 5.91 Å². The fourth-order valence-electron chi connectivity index (χ4n) is 4.16. The summed E-state index contributed by atoms with van der Waals surface area (Å²) in [6.07, 6.45) is 1.71. The van der Waals surface area contributed by atoms with E-state index in [1.54, 1.807) is 24.3 Å². The van der Waals surface area contributed by atoms with Crippen LogP contribution in [-0.4, -0.2) is 61.5 Å². The van der Waals surface area contributed by atoms with Gasteiger partial charge in [-0.05, 0) is 48.5 Å². The standard InChI is InChI=1S/C25H24N4O3S/c1-32-19-10-8-18(9-11-19)27-13-15-28(16-14-27)23(30)17-29-21-6-4-12-26-24(21)33-22-7-3-2-5-20(22)25(29)31/h2-12H,13-17H2,1H3. The summed E-state index contributed by atoms with van der Waals surface area (Å²) in [6.45, 7) is 2.69. The Morgan fingerprint density at radius 1 is 1.00 bits per heavy atom. The van der Waals surface area contributed by atoms with E-state index in [1.165, 1.54) is 11.8 Å². The van der Waals surface area contributed by atoms with Crippen LogP contribution in [0.5, 0.6) is 5.75 Å². The molecule has 2 aromatic carbocycles. The summed E-state index contributed by atoms with van der Waals surface area (Å²) in [5.74, 6) is 0.594. The highest BCUT2D eigenvalue weighted by molar-refractivity contribution is 7.99. The van der Waals surface area contributed by atoms with Crippen molar-refractivity contribution in [3.8, 4) is 5.75 Å². The minimum absolute atomic E-state index is 0.00500. The summed E-state index contributed by atoms with van der Waals surface area (Å²) in [5.41, 5.74) is 2.38. The smallest absolute Gasteiger partial charge is 0.259 e. The van der Waals surface area contributed by atoms with Gasteiger partial charge in [-0.25, -0.2) is 4.98 Å². The predicted molar refractivity (Wildman–Crippen MR) is 128 cm³/mol. The first-order valence-corrected chi connectivity index (χ1v) is 11.7. The lowest BCUT2D eigenvalue weighted by Crippen LogP contribution is -2.52. The number of hydrogen-bond donors (Lipinski definition) is 0. The van der Waals surface area contributed by atoms with Crippen molar-refractivity contribution in [2.75, 3.05) is 49.6 Å². The molecular weight excluding hydrogens is 436 g/mol. The quantitative estimate of drug-likeness (QED) is 0.593. The van der Waals surface area contributed by atoms with Crippen molar-refractivity contribution < 1.29 is 14.3 Å². The molecule has 0 bridgehead atoms. The summed E-state index contributed by atoms with van der Waals surface area (Å²) in [6, 6.07) is 19.1. The molecule has 3 heterocycles. The monoisotopic (exact) mass is 460 g/mol. The number of pyridine rings is 1. The van der Waals surface area contributed by atoms with E-state index in [2.05, 4.69) is 9.88 Å².